The molecule has 0 unspecified atom stereocenters. The van der Waals surface area contributed by atoms with E-state index in [1.54, 1.807) is 0 Å². The van der Waals surface area contributed by atoms with E-state index in [0.717, 1.165) is 38.6 Å². The van der Waals surface area contributed by atoms with Crippen molar-refractivity contribution in [1.29, 1.82) is 0 Å². The number of benzene rings is 4. The minimum Gasteiger partial charge on any atom is -0.390 e. The summed E-state index contributed by atoms with van der Waals surface area (Å²) >= 11 is 0. The van der Waals surface area contributed by atoms with Crippen molar-refractivity contribution in [3.8, 4) is 11.1 Å². The van der Waals surface area contributed by atoms with Crippen molar-refractivity contribution in [1.82, 2.24) is 20.3 Å². The molecule has 58 heavy (non-hydrogen) atoms. The van der Waals surface area contributed by atoms with Crippen molar-refractivity contribution >= 4 is 44.2 Å². The lowest BCUT2D eigenvalue weighted by Crippen LogP contribution is -2.60. The van der Waals surface area contributed by atoms with Gasteiger partial charge in [-0.1, -0.05) is 117 Å². The molecule has 0 aromatic heterocycles. The standard InChI is InChI=1S/C44H47F2N5O6S/c1-43(2,3)38(47-21-20-26-16-17-27-10-4-5-11-28(27)22-26)41(53)51-25-29(57-49-37-33-14-8-6-12-31(33)32-13-7-9-15-34(32)37)23-36(51)40(52)48-44(24-35(44)39(45)46)42(54)50-58(55,56)30-18-19-30/h4-17,22,29-30,35-36,38-39,47H,18-21,23-25H2,1-3H3,(H,48,52)(H,50,54)/t29-,35+,36+,38-,44+/m1/s1. The predicted octanol–water partition coefficient (Wildman–Crippen LogP) is 5.55. The van der Waals surface area contributed by atoms with Gasteiger partial charge >= 0.3 is 0 Å². The summed E-state index contributed by atoms with van der Waals surface area (Å²) in [4.78, 5) is 50.0. The Hall–Kier alpha value is -5.21. The van der Waals surface area contributed by atoms with Crippen molar-refractivity contribution in [3.05, 3.63) is 108 Å². The zero-order valence-corrected chi connectivity index (χ0v) is 33.4. The van der Waals surface area contributed by atoms with Crippen LogP contribution in [0, 0.1) is 11.3 Å². The first-order valence-electron chi connectivity index (χ1n) is 19.8. The molecule has 0 bridgehead atoms. The third-order valence-corrected chi connectivity index (χ3v) is 13.6. The summed E-state index contributed by atoms with van der Waals surface area (Å²) in [5.74, 6) is -4.06. The molecule has 8 rings (SSSR count). The molecule has 4 aromatic rings. The molecule has 2 saturated carbocycles. The molecular formula is C44H47F2N5O6S. The second-order valence-corrected chi connectivity index (χ2v) is 18.9. The van der Waals surface area contributed by atoms with Gasteiger partial charge in [0.25, 0.3) is 5.91 Å². The van der Waals surface area contributed by atoms with Crippen molar-refractivity contribution in [2.75, 3.05) is 13.1 Å². The van der Waals surface area contributed by atoms with E-state index in [1.165, 1.54) is 4.90 Å². The van der Waals surface area contributed by atoms with Crippen molar-refractivity contribution < 1.29 is 36.4 Å². The maximum atomic E-state index is 14.7. The van der Waals surface area contributed by atoms with Gasteiger partial charge in [0.05, 0.1) is 23.8 Å². The number of carbonyl (C=O) groups excluding carboxylic acids is 3. The molecule has 3 aliphatic carbocycles. The molecule has 0 spiro atoms. The summed E-state index contributed by atoms with van der Waals surface area (Å²) in [6.07, 6.45) is -2.95. The van der Waals surface area contributed by atoms with E-state index in [9.17, 15) is 31.6 Å². The molecule has 5 atom stereocenters. The number of nitrogens with zero attached hydrogens (tertiary/aromatic N) is 2. The number of rotatable bonds is 13. The van der Waals surface area contributed by atoms with Gasteiger partial charge in [0.2, 0.25) is 28.3 Å². The molecule has 1 heterocycles. The van der Waals surface area contributed by atoms with Crippen molar-refractivity contribution in [3.63, 3.8) is 0 Å². The quantitative estimate of drug-likeness (QED) is 0.132. The van der Waals surface area contributed by atoms with Crippen LogP contribution in [-0.2, 0) is 35.7 Å². The minimum absolute atomic E-state index is 0.0521. The molecule has 11 nitrogen and oxygen atoms in total. The number of likely N-dealkylation sites (tertiary alicyclic amines) is 1. The number of alkyl halides is 2. The SMILES string of the molecule is CC(C)(C)[C@H](NCCc1ccc2ccccc2c1)C(=O)N1C[C@H](ON=C2c3ccccc3-c3ccccc32)C[C@H]1C(=O)N[C@@]1(C(=O)NS(=O)(=O)C2CC2)C[C@H]1C(F)F. The van der Waals surface area contributed by atoms with Crippen LogP contribution in [-0.4, -0.2) is 85.2 Å². The number of oxime groups is 1. The molecule has 3 amide bonds. The van der Waals surface area contributed by atoms with Crippen LogP contribution in [0.2, 0.25) is 0 Å². The number of amides is 3. The van der Waals surface area contributed by atoms with Crippen molar-refractivity contribution in [2.45, 2.75) is 88.3 Å². The Morgan fingerprint density at radius 1 is 0.897 bits per heavy atom. The molecule has 1 aliphatic heterocycles. The molecule has 3 N–H and O–H groups in total. The fraction of sp³-hybridized carbons (Fsp3) is 0.409. The van der Waals surface area contributed by atoms with Crippen LogP contribution < -0.4 is 15.4 Å². The summed E-state index contributed by atoms with van der Waals surface area (Å²) in [6.45, 7) is 6.13. The third-order valence-electron chi connectivity index (χ3n) is 11.8. The smallest absolute Gasteiger partial charge is 0.259 e. The van der Waals surface area contributed by atoms with Crippen LogP contribution in [0.3, 0.4) is 0 Å². The number of hydrogen-bond donors (Lipinski definition) is 3. The second-order valence-electron chi connectivity index (χ2n) is 17.0. The average Bonchev–Trinajstić information content (AvgIpc) is 4.11. The Kier molecular flexibility index (Phi) is 10.4. The topological polar surface area (TPSA) is 146 Å². The Morgan fingerprint density at radius 3 is 2.12 bits per heavy atom. The first kappa shape index (κ1) is 39.6. The highest BCUT2D eigenvalue weighted by atomic mass is 32.2. The van der Waals surface area contributed by atoms with Gasteiger partial charge in [0.1, 0.15) is 23.4 Å². The van der Waals surface area contributed by atoms with Crippen LogP contribution in [0.5, 0.6) is 0 Å². The van der Waals surface area contributed by atoms with Crippen molar-refractivity contribution in [2.24, 2.45) is 16.5 Å². The van der Waals surface area contributed by atoms with Gasteiger partial charge in [-0.25, -0.2) is 17.2 Å². The zero-order valence-electron chi connectivity index (χ0n) is 32.6. The highest BCUT2D eigenvalue weighted by Gasteiger charge is 2.67. The minimum atomic E-state index is -4.10. The Bertz CT molecular complexity index is 2370. The van der Waals surface area contributed by atoms with Gasteiger partial charge in [-0.15, -0.1) is 0 Å². The summed E-state index contributed by atoms with van der Waals surface area (Å²) in [6, 6.07) is 27.8. The fourth-order valence-corrected chi connectivity index (χ4v) is 9.67. The molecule has 3 fully saturated rings. The summed E-state index contributed by atoms with van der Waals surface area (Å²) in [5, 5.41) is 12.0. The molecule has 304 valence electrons. The van der Waals surface area contributed by atoms with E-state index < -0.39 is 80.9 Å². The maximum Gasteiger partial charge on any atom is 0.259 e. The van der Waals surface area contributed by atoms with Gasteiger partial charge in [0, 0.05) is 17.5 Å². The lowest BCUT2D eigenvalue weighted by Gasteiger charge is -2.36. The Labute approximate surface area is 336 Å². The van der Waals surface area contributed by atoms with Gasteiger partial charge in [-0.3, -0.25) is 19.1 Å². The number of carbonyl (C=O) groups is 3. The van der Waals surface area contributed by atoms with Gasteiger partial charge < -0.3 is 20.4 Å². The lowest BCUT2D eigenvalue weighted by atomic mass is 9.85. The Balaban J connectivity index is 1.06. The zero-order chi connectivity index (χ0) is 41.0. The number of sulfonamides is 1. The fourth-order valence-electron chi connectivity index (χ4n) is 8.31. The van der Waals surface area contributed by atoms with E-state index in [1.807, 2.05) is 98.3 Å². The van der Waals surface area contributed by atoms with Gasteiger partial charge in [-0.05, 0) is 65.1 Å². The molecule has 4 aliphatic rings. The predicted molar refractivity (Wildman–Crippen MR) is 216 cm³/mol. The molecule has 14 heteroatoms. The number of fused-ring (bicyclic) bond motifs is 4. The number of nitrogens with one attached hydrogen (secondary N) is 3. The molecule has 1 saturated heterocycles. The maximum absolute atomic E-state index is 14.7. The first-order chi connectivity index (χ1) is 27.7. The van der Waals surface area contributed by atoms with Crippen LogP contribution in [0.1, 0.15) is 63.1 Å². The molecular weight excluding hydrogens is 765 g/mol. The summed E-state index contributed by atoms with van der Waals surface area (Å²) in [7, 11) is -4.10. The van der Waals surface area contributed by atoms with Crippen LogP contribution in [0.15, 0.2) is 96.2 Å². The summed E-state index contributed by atoms with van der Waals surface area (Å²) < 4.78 is 55.7. The normalized spacial score (nSPS) is 23.0. The number of halogens is 2. The van der Waals surface area contributed by atoms with E-state index in [-0.39, 0.29) is 13.0 Å². The summed E-state index contributed by atoms with van der Waals surface area (Å²) in [5.41, 5.74) is 2.63. The monoisotopic (exact) mass is 811 g/mol. The van der Waals surface area contributed by atoms with Crippen LogP contribution in [0.25, 0.3) is 21.9 Å². The molecule has 0 radical (unpaired) electrons. The van der Waals surface area contributed by atoms with E-state index >= 15 is 0 Å². The van der Waals surface area contributed by atoms with E-state index in [2.05, 4.69) is 34.0 Å². The highest BCUT2D eigenvalue weighted by molar-refractivity contribution is 7.91. The lowest BCUT2D eigenvalue weighted by molar-refractivity contribution is -0.143. The van der Waals surface area contributed by atoms with E-state index in [4.69, 9.17) is 4.84 Å². The third kappa shape index (κ3) is 7.71. The van der Waals surface area contributed by atoms with Gasteiger partial charge in [-0.2, -0.15) is 0 Å². The second kappa shape index (κ2) is 15.2. The van der Waals surface area contributed by atoms with E-state index in [0.29, 0.717) is 31.5 Å². The first-order valence-corrected chi connectivity index (χ1v) is 21.3. The van der Waals surface area contributed by atoms with Crippen LogP contribution in [0.4, 0.5) is 8.78 Å². The number of hydrogen-bond acceptors (Lipinski definition) is 8. The average molecular weight is 812 g/mol. The largest absolute Gasteiger partial charge is 0.390 e. The highest BCUT2D eigenvalue weighted by Crippen LogP contribution is 2.48. The molecule has 4 aromatic carbocycles. The van der Waals surface area contributed by atoms with Crippen LogP contribution >= 0.6 is 0 Å². The Morgan fingerprint density at radius 2 is 1.52 bits per heavy atom. The van der Waals surface area contributed by atoms with Gasteiger partial charge in [0.15, 0.2) is 0 Å².